The number of rotatable bonds is 4. The van der Waals surface area contributed by atoms with E-state index in [0.717, 1.165) is 12.8 Å². The van der Waals surface area contributed by atoms with E-state index in [4.69, 9.17) is 0 Å². The number of aryl methyl sites for hydroxylation is 1. The normalized spacial score (nSPS) is 12.1. The second kappa shape index (κ2) is 9.10. The van der Waals surface area contributed by atoms with Crippen LogP contribution in [0, 0.1) is 0 Å². The Morgan fingerprint density at radius 1 is 0.475 bits per heavy atom. The van der Waals surface area contributed by atoms with Crippen molar-refractivity contribution in [2.75, 3.05) is 0 Å². The van der Waals surface area contributed by atoms with Crippen LogP contribution in [0.1, 0.15) is 22.3 Å². The van der Waals surface area contributed by atoms with E-state index in [1.165, 1.54) is 77.4 Å². The average Bonchev–Trinajstić information content (AvgIpc) is 3.52. The van der Waals surface area contributed by atoms with Gasteiger partial charge in [0.15, 0.2) is 0 Å². The maximum atomic E-state index is 2.38. The van der Waals surface area contributed by atoms with Crippen molar-refractivity contribution in [1.82, 2.24) is 4.57 Å². The van der Waals surface area contributed by atoms with Crippen LogP contribution in [-0.4, -0.2) is 4.57 Å². The van der Waals surface area contributed by atoms with Crippen LogP contribution in [0.5, 0.6) is 0 Å². The molecule has 0 bridgehead atoms. The number of benzene rings is 6. The van der Waals surface area contributed by atoms with Gasteiger partial charge in [-0.3, -0.25) is 0 Å². The summed E-state index contributed by atoms with van der Waals surface area (Å²) in [5.74, 6) is 0. The molecule has 0 spiro atoms. The lowest BCUT2D eigenvalue weighted by atomic mass is 9.97. The summed E-state index contributed by atoms with van der Waals surface area (Å²) in [6.45, 7) is 0. The molecular formula is C39H29N. The summed E-state index contributed by atoms with van der Waals surface area (Å²) in [6, 6.07) is 49.3. The zero-order chi connectivity index (χ0) is 26.6. The second-order valence-corrected chi connectivity index (χ2v) is 11.1. The molecule has 8 rings (SSSR count). The maximum Gasteiger partial charge on any atom is 0.0494 e. The number of aromatic nitrogens is 1. The van der Waals surface area contributed by atoms with Gasteiger partial charge in [0.25, 0.3) is 0 Å². The summed E-state index contributed by atoms with van der Waals surface area (Å²) in [5.41, 5.74) is 15.9. The lowest BCUT2D eigenvalue weighted by molar-refractivity contribution is 1.01. The third-order valence-corrected chi connectivity index (χ3v) is 8.68. The van der Waals surface area contributed by atoms with Crippen LogP contribution in [-0.2, 0) is 19.9 Å². The van der Waals surface area contributed by atoms with Gasteiger partial charge in [0.05, 0.1) is 0 Å². The Morgan fingerprint density at radius 2 is 1.12 bits per heavy atom. The molecule has 190 valence electrons. The monoisotopic (exact) mass is 511 g/mol. The number of hydrogen-bond donors (Lipinski definition) is 0. The molecule has 1 aliphatic rings. The van der Waals surface area contributed by atoms with Crippen LogP contribution in [0.3, 0.4) is 0 Å². The van der Waals surface area contributed by atoms with Gasteiger partial charge in [-0.2, -0.15) is 0 Å². The van der Waals surface area contributed by atoms with E-state index < -0.39 is 0 Å². The second-order valence-electron chi connectivity index (χ2n) is 11.1. The number of hydrogen-bond acceptors (Lipinski definition) is 0. The van der Waals surface area contributed by atoms with Gasteiger partial charge < -0.3 is 4.57 Å². The van der Waals surface area contributed by atoms with Crippen LogP contribution in [0.4, 0.5) is 0 Å². The largest absolute Gasteiger partial charge is 0.344 e. The van der Waals surface area contributed by atoms with Gasteiger partial charge in [-0.25, -0.2) is 0 Å². The quantitative estimate of drug-likeness (QED) is 0.222. The van der Waals surface area contributed by atoms with Crippen LogP contribution in [0.2, 0.25) is 0 Å². The van der Waals surface area contributed by atoms with Gasteiger partial charge in [0, 0.05) is 28.9 Å². The first-order valence-corrected chi connectivity index (χ1v) is 14.1. The first kappa shape index (κ1) is 23.0. The lowest BCUT2D eigenvalue weighted by Crippen LogP contribution is -1.88. The Kier molecular flexibility index (Phi) is 5.24. The van der Waals surface area contributed by atoms with Gasteiger partial charge >= 0.3 is 0 Å². The average molecular weight is 512 g/mol. The van der Waals surface area contributed by atoms with Crippen LogP contribution in [0.15, 0.2) is 133 Å². The molecule has 0 saturated carbocycles. The molecule has 0 atom stereocenters. The summed E-state index contributed by atoms with van der Waals surface area (Å²) in [4.78, 5) is 0. The minimum absolute atomic E-state index is 0.961. The highest BCUT2D eigenvalue weighted by Gasteiger charge is 2.19. The molecule has 0 amide bonds. The van der Waals surface area contributed by atoms with Crippen molar-refractivity contribution in [2.24, 2.45) is 7.05 Å². The summed E-state index contributed by atoms with van der Waals surface area (Å²) >= 11 is 0. The predicted molar refractivity (Wildman–Crippen MR) is 169 cm³/mol. The summed E-state index contributed by atoms with van der Waals surface area (Å²) in [6.07, 6.45) is 1.99. The zero-order valence-electron chi connectivity index (χ0n) is 22.6. The molecule has 0 fully saturated rings. The number of nitrogens with zero attached hydrogens (tertiary/aromatic N) is 1. The Labute approximate surface area is 235 Å². The van der Waals surface area contributed by atoms with E-state index in [1.807, 2.05) is 0 Å². The van der Waals surface area contributed by atoms with Crippen molar-refractivity contribution in [3.05, 3.63) is 156 Å². The molecule has 0 unspecified atom stereocenters. The van der Waals surface area contributed by atoms with Gasteiger partial charge in [0.1, 0.15) is 0 Å². The van der Waals surface area contributed by atoms with Crippen LogP contribution in [0.25, 0.3) is 55.2 Å². The Hall–Kier alpha value is -4.88. The van der Waals surface area contributed by atoms with Crippen molar-refractivity contribution in [1.29, 1.82) is 0 Å². The van der Waals surface area contributed by atoms with E-state index in [-0.39, 0.29) is 0 Å². The Morgan fingerprint density at radius 3 is 2.00 bits per heavy atom. The molecule has 1 nitrogen and oxygen atoms in total. The van der Waals surface area contributed by atoms with Crippen molar-refractivity contribution in [3.63, 3.8) is 0 Å². The minimum atomic E-state index is 0.961. The predicted octanol–water partition coefficient (Wildman–Crippen LogP) is 9.83. The van der Waals surface area contributed by atoms with Crippen molar-refractivity contribution in [3.8, 4) is 33.4 Å². The molecule has 0 N–H and O–H groups in total. The van der Waals surface area contributed by atoms with Crippen LogP contribution >= 0.6 is 0 Å². The SMILES string of the molecule is Cn1c2ccc(-c3ccc(Cc4ccccc4)cc3)cc2c2ccc(-c3ccc4c(c3)-c3ccccc3C4)cc21. The molecular weight excluding hydrogens is 482 g/mol. The summed E-state index contributed by atoms with van der Waals surface area (Å²) < 4.78 is 2.34. The van der Waals surface area contributed by atoms with Gasteiger partial charge in [0.2, 0.25) is 0 Å². The Bertz CT molecular complexity index is 2040. The standard InChI is InChI=1S/C39H29N/c1-40-38-20-18-29(28-13-11-27(12-14-28)21-26-7-3-2-4-8-26)24-37(38)35-19-17-31(25-39(35)40)30-15-16-33-22-32-9-5-6-10-34(32)36(33)23-30/h2-20,23-25H,21-22H2,1H3. The minimum Gasteiger partial charge on any atom is -0.344 e. The van der Waals surface area contributed by atoms with Gasteiger partial charge in [-0.15, -0.1) is 0 Å². The molecule has 1 heteroatoms. The lowest BCUT2D eigenvalue weighted by Gasteiger charge is -2.07. The Balaban J connectivity index is 1.15. The number of fused-ring (bicyclic) bond motifs is 6. The highest BCUT2D eigenvalue weighted by molar-refractivity contribution is 6.10. The molecule has 1 heterocycles. The van der Waals surface area contributed by atoms with Crippen molar-refractivity contribution >= 4 is 21.8 Å². The molecule has 7 aromatic rings. The highest BCUT2D eigenvalue weighted by Crippen LogP contribution is 2.40. The molecule has 1 aliphatic carbocycles. The first-order valence-electron chi connectivity index (χ1n) is 14.1. The van der Waals surface area contributed by atoms with Gasteiger partial charge in [-0.1, -0.05) is 109 Å². The van der Waals surface area contributed by atoms with Crippen molar-refractivity contribution < 1.29 is 0 Å². The third-order valence-electron chi connectivity index (χ3n) is 8.68. The maximum absolute atomic E-state index is 2.38. The summed E-state index contributed by atoms with van der Waals surface area (Å²) in [7, 11) is 2.19. The first-order chi connectivity index (χ1) is 19.7. The molecule has 0 aliphatic heterocycles. The molecule has 1 aromatic heterocycles. The zero-order valence-corrected chi connectivity index (χ0v) is 22.6. The third kappa shape index (κ3) is 3.78. The van der Waals surface area contributed by atoms with E-state index in [9.17, 15) is 0 Å². The summed E-state index contributed by atoms with van der Waals surface area (Å²) in [5, 5.41) is 2.60. The molecule has 0 radical (unpaired) electrons. The smallest absolute Gasteiger partial charge is 0.0494 e. The fraction of sp³-hybridized carbons (Fsp3) is 0.0769. The van der Waals surface area contributed by atoms with E-state index in [2.05, 4.69) is 145 Å². The van der Waals surface area contributed by atoms with Gasteiger partial charge in [-0.05, 0) is 92.7 Å². The molecule has 40 heavy (non-hydrogen) atoms. The van der Waals surface area contributed by atoms with Crippen molar-refractivity contribution in [2.45, 2.75) is 12.8 Å². The fourth-order valence-electron chi connectivity index (χ4n) is 6.52. The van der Waals surface area contributed by atoms with E-state index in [0.29, 0.717) is 0 Å². The van der Waals surface area contributed by atoms with E-state index >= 15 is 0 Å². The van der Waals surface area contributed by atoms with Crippen LogP contribution < -0.4 is 0 Å². The molecule has 6 aromatic carbocycles. The molecule has 0 saturated heterocycles. The topological polar surface area (TPSA) is 4.93 Å². The highest BCUT2D eigenvalue weighted by atomic mass is 14.9. The fourth-order valence-corrected chi connectivity index (χ4v) is 6.52. The van der Waals surface area contributed by atoms with E-state index in [1.54, 1.807) is 0 Å².